The number of aryl methyl sites for hydroxylation is 1. The molecule has 0 spiro atoms. The summed E-state index contributed by atoms with van der Waals surface area (Å²) in [4.78, 5) is 11.1. The van der Waals surface area contributed by atoms with E-state index >= 15 is 0 Å². The zero-order valence-corrected chi connectivity index (χ0v) is 14.9. The van der Waals surface area contributed by atoms with Crippen LogP contribution in [0.1, 0.15) is 12.7 Å². The molecule has 4 rings (SSSR count). The third-order valence-corrected chi connectivity index (χ3v) is 5.85. The molecular weight excluding hydrogens is 338 g/mol. The number of nitrogens with zero attached hydrogens (tertiary/aromatic N) is 5. The third-order valence-electron chi connectivity index (χ3n) is 3.76. The van der Waals surface area contributed by atoms with Gasteiger partial charge in [-0.05, 0) is 37.2 Å². The Kier molecular flexibility index (Phi) is 4.03. The summed E-state index contributed by atoms with van der Waals surface area (Å²) in [6.45, 7) is 4.90. The minimum atomic E-state index is 0.842. The van der Waals surface area contributed by atoms with Crippen molar-refractivity contribution in [1.82, 2.24) is 24.7 Å². The molecule has 0 N–H and O–H groups in total. The van der Waals surface area contributed by atoms with E-state index in [9.17, 15) is 0 Å². The molecule has 0 atom stereocenters. The van der Waals surface area contributed by atoms with Crippen LogP contribution in [0.5, 0.6) is 0 Å². The second-order valence-electron chi connectivity index (χ2n) is 5.25. The van der Waals surface area contributed by atoms with E-state index < -0.39 is 0 Å². The third kappa shape index (κ3) is 2.70. The summed E-state index contributed by atoms with van der Waals surface area (Å²) >= 11 is 3.23. The van der Waals surface area contributed by atoms with Gasteiger partial charge >= 0.3 is 0 Å². The number of benzene rings is 1. The summed E-state index contributed by atoms with van der Waals surface area (Å²) in [6, 6.07) is 12.5. The van der Waals surface area contributed by atoms with Gasteiger partial charge in [0.05, 0.1) is 0 Å². The lowest BCUT2D eigenvalue weighted by molar-refractivity contribution is 0.661. The normalized spacial score (nSPS) is 11.2. The smallest absolute Gasteiger partial charge is 0.197 e. The number of aromatic nitrogens is 5. The minimum Gasteiger partial charge on any atom is -0.306 e. The average molecular weight is 353 g/mol. The van der Waals surface area contributed by atoms with Crippen molar-refractivity contribution >= 4 is 33.3 Å². The number of thiophene rings is 1. The van der Waals surface area contributed by atoms with Gasteiger partial charge in [0.15, 0.2) is 5.16 Å². The van der Waals surface area contributed by atoms with E-state index in [1.807, 2.05) is 25.1 Å². The molecule has 3 aromatic heterocycles. The molecule has 0 radical (unpaired) electrons. The Hall–Kier alpha value is -2.25. The van der Waals surface area contributed by atoms with Crippen LogP contribution < -0.4 is 0 Å². The zero-order valence-electron chi connectivity index (χ0n) is 13.3. The molecule has 7 heteroatoms. The monoisotopic (exact) mass is 353 g/mol. The summed E-state index contributed by atoms with van der Waals surface area (Å²) in [5, 5.41) is 11.3. The zero-order chi connectivity index (χ0) is 16.5. The Bertz CT molecular complexity index is 991. The Morgan fingerprint density at radius 2 is 1.96 bits per heavy atom. The molecule has 0 fully saturated rings. The molecule has 1 aromatic carbocycles. The molecule has 0 aliphatic rings. The molecule has 0 bridgehead atoms. The van der Waals surface area contributed by atoms with E-state index in [0.29, 0.717) is 0 Å². The van der Waals surface area contributed by atoms with Crippen LogP contribution in [0.15, 0.2) is 52.9 Å². The van der Waals surface area contributed by atoms with Crippen LogP contribution in [0.25, 0.3) is 20.7 Å². The molecule has 120 valence electrons. The van der Waals surface area contributed by atoms with Gasteiger partial charge < -0.3 is 4.57 Å². The van der Waals surface area contributed by atoms with Crippen LogP contribution in [0.4, 0.5) is 0 Å². The first-order valence-electron chi connectivity index (χ1n) is 7.64. The van der Waals surface area contributed by atoms with E-state index in [4.69, 9.17) is 0 Å². The summed E-state index contributed by atoms with van der Waals surface area (Å²) in [5.74, 6) is 0.917. The predicted molar refractivity (Wildman–Crippen MR) is 97.4 cm³/mol. The number of fused-ring (bicyclic) bond motifs is 1. The average Bonchev–Trinajstić information content (AvgIpc) is 3.20. The van der Waals surface area contributed by atoms with Crippen molar-refractivity contribution in [2.24, 2.45) is 0 Å². The highest BCUT2D eigenvalue weighted by Crippen LogP contribution is 2.37. The molecule has 0 saturated heterocycles. The first kappa shape index (κ1) is 15.3. The van der Waals surface area contributed by atoms with E-state index in [0.717, 1.165) is 32.8 Å². The number of hydrogen-bond acceptors (Lipinski definition) is 6. The summed E-state index contributed by atoms with van der Waals surface area (Å²) in [6.07, 6.45) is 1.62. The van der Waals surface area contributed by atoms with Gasteiger partial charge in [0.25, 0.3) is 0 Å². The summed E-state index contributed by atoms with van der Waals surface area (Å²) in [5.41, 5.74) is 1.20. The Morgan fingerprint density at radius 1 is 1.12 bits per heavy atom. The first-order chi connectivity index (χ1) is 11.8. The lowest BCUT2D eigenvalue weighted by Gasteiger charge is -2.04. The topological polar surface area (TPSA) is 56.5 Å². The molecular formula is C17H15N5S2. The highest BCUT2D eigenvalue weighted by atomic mass is 32.2. The molecule has 4 aromatic rings. The molecule has 0 amide bonds. The first-order valence-corrected chi connectivity index (χ1v) is 9.27. The number of rotatable bonds is 4. The maximum atomic E-state index is 4.47. The van der Waals surface area contributed by atoms with E-state index in [2.05, 4.69) is 49.9 Å². The van der Waals surface area contributed by atoms with Crippen molar-refractivity contribution in [1.29, 1.82) is 0 Å². The highest BCUT2D eigenvalue weighted by Gasteiger charge is 2.15. The van der Waals surface area contributed by atoms with Gasteiger partial charge in [0.2, 0.25) is 0 Å². The van der Waals surface area contributed by atoms with Gasteiger partial charge in [-0.2, -0.15) is 0 Å². The van der Waals surface area contributed by atoms with Crippen molar-refractivity contribution in [2.45, 2.75) is 30.6 Å². The standard InChI is InChI=1S/C17H15N5S2/c1-3-22-11(2)20-21-17(22)24-16-13-9-14(12-7-5-4-6-8-12)23-15(13)18-10-19-16/h4-10H,3H2,1-2H3. The SMILES string of the molecule is CCn1c(C)nnc1Sc1ncnc2sc(-c3ccccc3)cc12. The van der Waals surface area contributed by atoms with Crippen molar-refractivity contribution < 1.29 is 0 Å². The van der Waals surface area contributed by atoms with Gasteiger partial charge in [-0.15, -0.1) is 21.5 Å². The van der Waals surface area contributed by atoms with Crippen LogP contribution in [0, 0.1) is 6.92 Å². The van der Waals surface area contributed by atoms with Gasteiger partial charge in [0.1, 0.15) is 22.0 Å². The molecule has 0 aliphatic carbocycles. The molecule has 24 heavy (non-hydrogen) atoms. The molecule has 3 heterocycles. The van der Waals surface area contributed by atoms with Crippen LogP contribution in [-0.2, 0) is 6.54 Å². The fourth-order valence-electron chi connectivity index (χ4n) is 2.55. The second-order valence-corrected chi connectivity index (χ2v) is 7.24. The maximum Gasteiger partial charge on any atom is 0.197 e. The summed E-state index contributed by atoms with van der Waals surface area (Å²) in [7, 11) is 0. The highest BCUT2D eigenvalue weighted by molar-refractivity contribution is 7.99. The Morgan fingerprint density at radius 3 is 2.75 bits per heavy atom. The quantitative estimate of drug-likeness (QED) is 0.508. The second kappa shape index (κ2) is 6.33. The largest absolute Gasteiger partial charge is 0.306 e. The predicted octanol–water partition coefficient (Wildman–Crippen LogP) is 4.43. The van der Waals surface area contributed by atoms with Gasteiger partial charge in [-0.1, -0.05) is 30.3 Å². The fraction of sp³-hybridized carbons (Fsp3) is 0.176. The molecule has 0 aliphatic heterocycles. The summed E-state index contributed by atoms with van der Waals surface area (Å²) < 4.78 is 2.09. The number of hydrogen-bond donors (Lipinski definition) is 0. The van der Waals surface area contributed by atoms with Crippen LogP contribution in [0.3, 0.4) is 0 Å². The van der Waals surface area contributed by atoms with E-state index in [1.165, 1.54) is 10.4 Å². The van der Waals surface area contributed by atoms with Crippen LogP contribution in [-0.4, -0.2) is 24.7 Å². The minimum absolute atomic E-state index is 0.842. The van der Waals surface area contributed by atoms with Crippen molar-refractivity contribution in [3.05, 3.63) is 48.5 Å². The fourth-order valence-corrected chi connectivity index (χ4v) is 4.61. The van der Waals surface area contributed by atoms with Crippen molar-refractivity contribution in [2.75, 3.05) is 0 Å². The lowest BCUT2D eigenvalue weighted by atomic mass is 10.2. The van der Waals surface area contributed by atoms with Gasteiger partial charge in [-0.3, -0.25) is 0 Å². The van der Waals surface area contributed by atoms with E-state index in [1.54, 1.807) is 29.4 Å². The molecule has 0 saturated carbocycles. The maximum absolute atomic E-state index is 4.47. The van der Waals surface area contributed by atoms with Crippen LogP contribution in [0.2, 0.25) is 0 Å². The van der Waals surface area contributed by atoms with Crippen LogP contribution >= 0.6 is 23.1 Å². The van der Waals surface area contributed by atoms with Crippen molar-refractivity contribution in [3.8, 4) is 10.4 Å². The lowest BCUT2D eigenvalue weighted by Crippen LogP contribution is -1.99. The Balaban J connectivity index is 1.77. The molecule has 0 unspecified atom stereocenters. The van der Waals surface area contributed by atoms with Gasteiger partial charge in [0, 0.05) is 16.8 Å². The van der Waals surface area contributed by atoms with Gasteiger partial charge in [-0.25, -0.2) is 9.97 Å². The Labute approximate surface area is 147 Å². The van der Waals surface area contributed by atoms with Crippen molar-refractivity contribution in [3.63, 3.8) is 0 Å². The van der Waals surface area contributed by atoms with E-state index in [-0.39, 0.29) is 0 Å². The molecule has 5 nitrogen and oxygen atoms in total.